The zero-order valence-electron chi connectivity index (χ0n) is 7.53. The van der Waals surface area contributed by atoms with Crippen molar-refractivity contribution >= 4 is 11.0 Å². The Morgan fingerprint density at radius 3 is 2.93 bits per heavy atom. The molecule has 0 saturated carbocycles. The average Bonchev–Trinajstić information content (AvgIpc) is 2.49. The first-order valence-electron chi connectivity index (χ1n) is 4.19. The topological polar surface area (TPSA) is 79.9 Å². The van der Waals surface area contributed by atoms with Gasteiger partial charge in [-0.25, -0.2) is 4.79 Å². The highest BCUT2D eigenvalue weighted by Crippen LogP contribution is 2.03. The summed E-state index contributed by atoms with van der Waals surface area (Å²) < 4.78 is 1.34. The lowest BCUT2D eigenvalue weighted by Crippen LogP contribution is -2.24. The molecule has 0 spiro atoms. The molecule has 0 bridgehead atoms. The van der Waals surface area contributed by atoms with E-state index in [0.29, 0.717) is 17.6 Å². The molecule has 6 heteroatoms. The minimum atomic E-state index is -0.517. The molecule has 0 aliphatic rings. The van der Waals surface area contributed by atoms with Gasteiger partial charge in [0.1, 0.15) is 6.61 Å². The number of nitrogens with zero attached hydrogens (tertiary/aromatic N) is 1. The van der Waals surface area contributed by atoms with E-state index in [1.807, 2.05) is 6.92 Å². The molecule has 0 fully saturated rings. The second-order valence-corrected chi connectivity index (χ2v) is 2.73. The predicted octanol–water partition coefficient (Wildman–Crippen LogP) is -0.534. The molecule has 0 saturated heterocycles. The van der Waals surface area contributed by atoms with Gasteiger partial charge in [-0.3, -0.25) is 9.78 Å². The van der Waals surface area contributed by atoms with Crippen molar-refractivity contribution in [3.8, 4) is 0 Å². The number of rotatable bonds is 2. The van der Waals surface area contributed by atoms with Gasteiger partial charge in [0.05, 0.1) is 5.52 Å². The molecule has 74 valence electrons. The van der Waals surface area contributed by atoms with Crippen LogP contribution < -0.4 is 16.1 Å². The summed E-state index contributed by atoms with van der Waals surface area (Å²) in [4.78, 5) is 32.1. The molecule has 0 radical (unpaired) electrons. The summed E-state index contributed by atoms with van der Waals surface area (Å²) in [6.07, 6.45) is 1.58. The van der Waals surface area contributed by atoms with Crippen LogP contribution in [0.3, 0.4) is 0 Å². The molecule has 0 amide bonds. The fourth-order valence-electron chi connectivity index (χ4n) is 1.30. The van der Waals surface area contributed by atoms with Crippen LogP contribution in [0.1, 0.15) is 6.92 Å². The van der Waals surface area contributed by atoms with Crippen LogP contribution >= 0.6 is 0 Å². The fraction of sp³-hybridized carbons (Fsp3) is 0.250. The van der Waals surface area contributed by atoms with Gasteiger partial charge in [0.15, 0.2) is 5.52 Å². The molecule has 14 heavy (non-hydrogen) atoms. The number of hydrogen-bond donors (Lipinski definition) is 2. The largest absolute Gasteiger partial charge is 0.414 e. The average molecular weight is 195 g/mol. The van der Waals surface area contributed by atoms with E-state index in [-0.39, 0.29) is 0 Å². The van der Waals surface area contributed by atoms with Crippen molar-refractivity contribution < 1.29 is 4.84 Å². The van der Waals surface area contributed by atoms with Gasteiger partial charge in [0, 0.05) is 6.20 Å². The molecule has 2 aromatic heterocycles. The van der Waals surface area contributed by atoms with E-state index < -0.39 is 11.2 Å². The smallest absolute Gasteiger partial charge is 0.326 e. The molecular weight excluding hydrogens is 186 g/mol. The molecular formula is C8H9N3O3. The maximum atomic E-state index is 11.4. The van der Waals surface area contributed by atoms with Crippen molar-refractivity contribution in [3.05, 3.63) is 33.1 Å². The van der Waals surface area contributed by atoms with E-state index >= 15 is 0 Å². The number of fused-ring (bicyclic) bond motifs is 1. The van der Waals surface area contributed by atoms with Crippen molar-refractivity contribution in [3.63, 3.8) is 0 Å². The van der Waals surface area contributed by atoms with E-state index in [9.17, 15) is 9.59 Å². The van der Waals surface area contributed by atoms with Crippen molar-refractivity contribution in [1.82, 2.24) is 14.7 Å². The molecule has 0 aliphatic heterocycles. The first-order valence-corrected chi connectivity index (χ1v) is 4.19. The number of aromatic amines is 2. The Bertz CT molecular complexity index is 563. The summed E-state index contributed by atoms with van der Waals surface area (Å²) in [6.45, 7) is 2.26. The van der Waals surface area contributed by atoms with Gasteiger partial charge >= 0.3 is 5.69 Å². The number of aromatic nitrogens is 3. The maximum Gasteiger partial charge on any atom is 0.326 e. The van der Waals surface area contributed by atoms with Gasteiger partial charge in [-0.2, -0.15) is 4.73 Å². The van der Waals surface area contributed by atoms with Crippen LogP contribution in [0.4, 0.5) is 0 Å². The zero-order valence-corrected chi connectivity index (χ0v) is 7.53. The summed E-state index contributed by atoms with van der Waals surface area (Å²) in [5.74, 6) is 0. The van der Waals surface area contributed by atoms with E-state index in [0.717, 1.165) is 0 Å². The van der Waals surface area contributed by atoms with E-state index in [4.69, 9.17) is 4.84 Å². The molecule has 0 atom stereocenters. The van der Waals surface area contributed by atoms with Gasteiger partial charge < -0.3 is 9.82 Å². The van der Waals surface area contributed by atoms with E-state index in [1.54, 1.807) is 12.3 Å². The van der Waals surface area contributed by atoms with Crippen LogP contribution in [0.2, 0.25) is 0 Å². The Labute approximate surface area is 78.1 Å². The van der Waals surface area contributed by atoms with Crippen molar-refractivity contribution in [1.29, 1.82) is 0 Å². The minimum absolute atomic E-state index is 0.312. The summed E-state index contributed by atoms with van der Waals surface area (Å²) in [5.41, 5.74) is -0.197. The molecule has 0 unspecified atom stereocenters. The van der Waals surface area contributed by atoms with Crippen LogP contribution in [0, 0.1) is 0 Å². The molecule has 2 aromatic rings. The first kappa shape index (κ1) is 8.61. The molecule has 0 aliphatic carbocycles. The third kappa shape index (κ3) is 1.20. The lowest BCUT2D eigenvalue weighted by molar-refractivity contribution is 0.132. The van der Waals surface area contributed by atoms with E-state index in [2.05, 4.69) is 9.97 Å². The van der Waals surface area contributed by atoms with Crippen LogP contribution in [0.5, 0.6) is 0 Å². The highest BCUT2D eigenvalue weighted by molar-refractivity contribution is 5.73. The van der Waals surface area contributed by atoms with Gasteiger partial charge in [-0.05, 0) is 13.0 Å². The normalized spacial score (nSPS) is 10.6. The summed E-state index contributed by atoms with van der Waals surface area (Å²) >= 11 is 0. The Kier molecular flexibility index (Phi) is 1.88. The minimum Gasteiger partial charge on any atom is -0.414 e. The SMILES string of the molecule is CCOn1ccc2[nH]c(=O)[nH]c(=O)c21. The monoisotopic (exact) mass is 195 g/mol. The van der Waals surface area contributed by atoms with Crippen molar-refractivity contribution in [2.75, 3.05) is 6.61 Å². The lowest BCUT2D eigenvalue weighted by Gasteiger charge is -2.03. The predicted molar refractivity (Wildman–Crippen MR) is 50.3 cm³/mol. The Balaban J connectivity index is 2.79. The number of H-pyrrole nitrogens is 2. The second-order valence-electron chi connectivity index (χ2n) is 2.73. The molecule has 0 aromatic carbocycles. The van der Waals surface area contributed by atoms with Crippen LogP contribution in [0.15, 0.2) is 21.9 Å². The van der Waals surface area contributed by atoms with Gasteiger partial charge in [0.25, 0.3) is 5.56 Å². The molecule has 6 nitrogen and oxygen atoms in total. The van der Waals surface area contributed by atoms with Gasteiger partial charge in [0.2, 0.25) is 0 Å². The fourth-order valence-corrected chi connectivity index (χ4v) is 1.30. The Morgan fingerprint density at radius 1 is 1.43 bits per heavy atom. The lowest BCUT2D eigenvalue weighted by atomic mass is 10.5. The highest BCUT2D eigenvalue weighted by atomic mass is 16.7. The van der Waals surface area contributed by atoms with Crippen LogP contribution in [0.25, 0.3) is 11.0 Å². The standard InChI is InChI=1S/C8H9N3O3/c1-2-14-11-4-3-5-6(11)7(12)10-8(13)9-5/h3-4H,2H2,1H3,(H2,9,10,12,13). The summed E-state index contributed by atoms with van der Waals surface area (Å²) in [7, 11) is 0. The Hall–Kier alpha value is -1.98. The first-order chi connectivity index (χ1) is 6.72. The van der Waals surface area contributed by atoms with Crippen LogP contribution in [-0.4, -0.2) is 21.3 Å². The highest BCUT2D eigenvalue weighted by Gasteiger charge is 2.06. The quantitative estimate of drug-likeness (QED) is 0.675. The second kappa shape index (κ2) is 3.06. The van der Waals surface area contributed by atoms with Gasteiger partial charge in [-0.15, -0.1) is 0 Å². The van der Waals surface area contributed by atoms with E-state index in [1.165, 1.54) is 4.73 Å². The number of nitrogens with one attached hydrogen (secondary N) is 2. The Morgan fingerprint density at radius 2 is 2.21 bits per heavy atom. The van der Waals surface area contributed by atoms with Gasteiger partial charge in [-0.1, -0.05) is 0 Å². The van der Waals surface area contributed by atoms with Crippen molar-refractivity contribution in [2.45, 2.75) is 6.92 Å². The zero-order chi connectivity index (χ0) is 10.1. The maximum absolute atomic E-state index is 11.4. The summed E-state index contributed by atoms with van der Waals surface area (Å²) in [5, 5.41) is 0. The molecule has 2 heterocycles. The van der Waals surface area contributed by atoms with Crippen molar-refractivity contribution in [2.24, 2.45) is 0 Å². The third-order valence-corrected chi connectivity index (χ3v) is 1.81. The third-order valence-electron chi connectivity index (χ3n) is 1.81. The molecule has 2 rings (SSSR count). The van der Waals surface area contributed by atoms with Crippen LogP contribution in [-0.2, 0) is 0 Å². The summed E-state index contributed by atoms with van der Waals surface area (Å²) in [6, 6.07) is 1.61. The number of hydrogen-bond acceptors (Lipinski definition) is 3. The molecule has 2 N–H and O–H groups in total.